The third-order valence-electron chi connectivity index (χ3n) is 4.06. The molecule has 24 heavy (non-hydrogen) atoms. The summed E-state index contributed by atoms with van der Waals surface area (Å²) in [6.07, 6.45) is 4.93. The minimum absolute atomic E-state index is 0.0707. The molecule has 0 bridgehead atoms. The van der Waals surface area contributed by atoms with Crippen molar-refractivity contribution in [2.75, 3.05) is 7.11 Å². The molecule has 0 N–H and O–H groups in total. The van der Waals surface area contributed by atoms with E-state index in [1.807, 2.05) is 6.92 Å². The summed E-state index contributed by atoms with van der Waals surface area (Å²) in [4.78, 5) is 12.3. The molecule has 0 unspecified atom stereocenters. The number of ether oxygens (including phenoxy) is 1. The van der Waals surface area contributed by atoms with Gasteiger partial charge in [-0.05, 0) is 49.6 Å². The lowest BCUT2D eigenvalue weighted by Crippen LogP contribution is -2.23. The van der Waals surface area contributed by atoms with Gasteiger partial charge in [-0.3, -0.25) is 4.79 Å². The SMILES string of the molecule is CCCn1cc(-c2cc(F)c(/C=C/OC)c(F)c2)c(C)c(C)c1=O. The first-order chi connectivity index (χ1) is 11.4. The average molecular weight is 333 g/mol. The molecule has 1 aromatic heterocycles. The van der Waals surface area contributed by atoms with Gasteiger partial charge in [-0.25, -0.2) is 8.78 Å². The first-order valence-corrected chi connectivity index (χ1v) is 7.80. The van der Waals surface area contributed by atoms with Crippen LogP contribution in [-0.2, 0) is 11.3 Å². The van der Waals surface area contributed by atoms with Crippen LogP contribution in [0, 0.1) is 25.5 Å². The maximum absolute atomic E-state index is 14.3. The topological polar surface area (TPSA) is 31.2 Å². The van der Waals surface area contributed by atoms with Crippen molar-refractivity contribution in [2.24, 2.45) is 0 Å². The van der Waals surface area contributed by atoms with Gasteiger partial charge in [0.25, 0.3) is 5.56 Å². The largest absolute Gasteiger partial charge is 0.504 e. The van der Waals surface area contributed by atoms with Gasteiger partial charge in [0, 0.05) is 29.4 Å². The molecule has 2 rings (SSSR count). The van der Waals surface area contributed by atoms with Gasteiger partial charge in [0.2, 0.25) is 0 Å². The highest BCUT2D eigenvalue weighted by molar-refractivity contribution is 5.69. The Balaban J connectivity index is 2.64. The highest BCUT2D eigenvalue weighted by Gasteiger charge is 2.15. The van der Waals surface area contributed by atoms with Gasteiger partial charge >= 0.3 is 0 Å². The maximum atomic E-state index is 14.3. The molecule has 0 atom stereocenters. The van der Waals surface area contributed by atoms with Crippen molar-refractivity contribution < 1.29 is 13.5 Å². The highest BCUT2D eigenvalue weighted by atomic mass is 19.1. The molecule has 0 aliphatic carbocycles. The van der Waals surface area contributed by atoms with Gasteiger partial charge in [-0.15, -0.1) is 0 Å². The summed E-state index contributed by atoms with van der Waals surface area (Å²) in [6, 6.07) is 2.56. The lowest BCUT2D eigenvalue weighted by Gasteiger charge is -2.14. The van der Waals surface area contributed by atoms with Crippen LogP contribution >= 0.6 is 0 Å². The summed E-state index contributed by atoms with van der Waals surface area (Å²) in [5, 5.41) is 0. The minimum atomic E-state index is -0.677. The van der Waals surface area contributed by atoms with E-state index in [2.05, 4.69) is 0 Å². The van der Waals surface area contributed by atoms with E-state index >= 15 is 0 Å². The summed E-state index contributed by atoms with van der Waals surface area (Å²) < 4.78 is 34.8. The number of aryl methyl sites for hydroxylation is 1. The fourth-order valence-electron chi connectivity index (χ4n) is 2.62. The molecule has 0 saturated heterocycles. The molecule has 0 spiro atoms. The fourth-order valence-corrected chi connectivity index (χ4v) is 2.62. The van der Waals surface area contributed by atoms with E-state index in [1.165, 1.54) is 31.6 Å². The van der Waals surface area contributed by atoms with E-state index in [0.29, 0.717) is 23.2 Å². The monoisotopic (exact) mass is 333 g/mol. The van der Waals surface area contributed by atoms with Crippen molar-refractivity contribution in [2.45, 2.75) is 33.7 Å². The number of aromatic nitrogens is 1. The minimum Gasteiger partial charge on any atom is -0.504 e. The second-order valence-corrected chi connectivity index (χ2v) is 5.68. The molecule has 0 aliphatic heterocycles. The van der Waals surface area contributed by atoms with Crippen LogP contribution in [0.3, 0.4) is 0 Å². The number of benzene rings is 1. The zero-order valence-electron chi connectivity index (χ0n) is 14.3. The second kappa shape index (κ2) is 7.43. The zero-order valence-corrected chi connectivity index (χ0v) is 14.3. The maximum Gasteiger partial charge on any atom is 0.253 e. The summed E-state index contributed by atoms with van der Waals surface area (Å²) in [5.41, 5.74) is 2.15. The summed E-state index contributed by atoms with van der Waals surface area (Å²) >= 11 is 0. The standard InChI is InChI=1S/C19H21F2NO2/c1-5-7-22-11-16(12(2)13(3)19(22)23)14-9-17(20)15(6-8-24-4)18(21)10-14/h6,8-11H,5,7H2,1-4H3/b8-6+. The molecule has 1 aromatic carbocycles. The predicted octanol–water partition coefficient (Wildman–Crippen LogP) is 4.44. The Morgan fingerprint density at radius 2 is 1.79 bits per heavy atom. The Kier molecular flexibility index (Phi) is 5.54. The summed E-state index contributed by atoms with van der Waals surface area (Å²) in [6.45, 7) is 6.05. The Hall–Kier alpha value is -2.43. The molecule has 3 nitrogen and oxygen atoms in total. The molecule has 0 fully saturated rings. The van der Waals surface area contributed by atoms with Gasteiger partial charge < -0.3 is 9.30 Å². The van der Waals surface area contributed by atoms with E-state index in [4.69, 9.17) is 4.74 Å². The van der Waals surface area contributed by atoms with Crippen LogP contribution < -0.4 is 5.56 Å². The Labute approximate surface area is 140 Å². The van der Waals surface area contributed by atoms with E-state index < -0.39 is 11.6 Å². The van der Waals surface area contributed by atoms with Gasteiger partial charge in [-0.1, -0.05) is 6.92 Å². The third-order valence-corrected chi connectivity index (χ3v) is 4.06. The second-order valence-electron chi connectivity index (χ2n) is 5.68. The molecule has 5 heteroatoms. The summed E-state index contributed by atoms with van der Waals surface area (Å²) in [7, 11) is 1.41. The molecule has 128 valence electrons. The van der Waals surface area contributed by atoms with E-state index in [9.17, 15) is 13.6 Å². The van der Waals surface area contributed by atoms with Crippen molar-refractivity contribution in [3.05, 3.63) is 63.3 Å². The average Bonchev–Trinajstić information content (AvgIpc) is 2.54. The quantitative estimate of drug-likeness (QED) is 0.758. The van der Waals surface area contributed by atoms with Crippen molar-refractivity contribution >= 4 is 6.08 Å². The van der Waals surface area contributed by atoms with E-state index in [1.54, 1.807) is 24.6 Å². The van der Waals surface area contributed by atoms with Crippen LogP contribution in [0.25, 0.3) is 17.2 Å². The molecule has 0 radical (unpaired) electrons. The Morgan fingerprint density at radius 3 is 2.33 bits per heavy atom. The van der Waals surface area contributed by atoms with Crippen molar-refractivity contribution in [1.29, 1.82) is 0 Å². The van der Waals surface area contributed by atoms with Gasteiger partial charge in [-0.2, -0.15) is 0 Å². The molecular formula is C19H21F2NO2. The van der Waals surface area contributed by atoms with Crippen molar-refractivity contribution in [1.82, 2.24) is 4.57 Å². The van der Waals surface area contributed by atoms with Crippen LogP contribution in [0.5, 0.6) is 0 Å². The first-order valence-electron chi connectivity index (χ1n) is 7.80. The van der Waals surface area contributed by atoms with Crippen molar-refractivity contribution in [3.8, 4) is 11.1 Å². The number of nitrogens with zero attached hydrogens (tertiary/aromatic N) is 1. The smallest absolute Gasteiger partial charge is 0.253 e. The Bertz CT molecular complexity index is 815. The van der Waals surface area contributed by atoms with Gasteiger partial charge in [0.1, 0.15) is 11.6 Å². The molecule has 2 aromatic rings. The first kappa shape index (κ1) is 17.9. The number of pyridine rings is 1. The molecule has 1 heterocycles. The molecular weight excluding hydrogens is 312 g/mol. The highest BCUT2D eigenvalue weighted by Crippen LogP contribution is 2.28. The number of hydrogen-bond acceptors (Lipinski definition) is 2. The van der Waals surface area contributed by atoms with Crippen molar-refractivity contribution in [3.63, 3.8) is 0 Å². The molecule has 0 amide bonds. The van der Waals surface area contributed by atoms with Crippen LogP contribution in [0.15, 0.2) is 29.4 Å². The zero-order chi connectivity index (χ0) is 17.9. The van der Waals surface area contributed by atoms with Gasteiger partial charge in [0.15, 0.2) is 0 Å². The number of halogens is 2. The van der Waals surface area contributed by atoms with E-state index in [0.717, 1.165) is 12.0 Å². The Morgan fingerprint density at radius 1 is 1.17 bits per heavy atom. The summed E-state index contributed by atoms with van der Waals surface area (Å²) in [5.74, 6) is -1.35. The molecule has 0 aliphatic rings. The lowest BCUT2D eigenvalue weighted by atomic mass is 9.98. The number of rotatable bonds is 5. The normalized spacial score (nSPS) is 11.2. The molecule has 0 saturated carbocycles. The van der Waals surface area contributed by atoms with Gasteiger partial charge in [0.05, 0.1) is 13.4 Å². The fraction of sp³-hybridized carbons (Fsp3) is 0.316. The van der Waals surface area contributed by atoms with Crippen LogP contribution in [-0.4, -0.2) is 11.7 Å². The lowest BCUT2D eigenvalue weighted by molar-refractivity contribution is 0.341. The number of methoxy groups -OCH3 is 1. The predicted molar refractivity (Wildman–Crippen MR) is 91.9 cm³/mol. The van der Waals surface area contributed by atoms with Crippen LogP contribution in [0.4, 0.5) is 8.78 Å². The van der Waals surface area contributed by atoms with Crippen LogP contribution in [0.2, 0.25) is 0 Å². The van der Waals surface area contributed by atoms with Crippen LogP contribution in [0.1, 0.15) is 30.0 Å². The van der Waals surface area contributed by atoms with E-state index in [-0.39, 0.29) is 11.1 Å². The third kappa shape index (κ3) is 3.40. The number of hydrogen-bond donors (Lipinski definition) is 0.